The molecule has 2 aromatic rings. The SMILES string of the molecule is CC(C)[C@H](NC(=O)c1c(F)cccc1F)C(=O)N(C)CCOc1ccccc1F. The number of amides is 2. The average molecular weight is 408 g/mol. The van der Waals surface area contributed by atoms with Gasteiger partial charge in [0.05, 0.1) is 6.54 Å². The van der Waals surface area contributed by atoms with Crippen LogP contribution in [-0.2, 0) is 4.79 Å². The average Bonchev–Trinajstić information content (AvgIpc) is 2.66. The molecule has 0 unspecified atom stereocenters. The van der Waals surface area contributed by atoms with Crippen molar-refractivity contribution in [3.8, 4) is 5.75 Å². The molecule has 2 aromatic carbocycles. The van der Waals surface area contributed by atoms with Gasteiger partial charge in [-0.15, -0.1) is 0 Å². The van der Waals surface area contributed by atoms with Crippen LogP contribution in [0.1, 0.15) is 24.2 Å². The van der Waals surface area contributed by atoms with E-state index in [-0.39, 0.29) is 24.8 Å². The lowest BCUT2D eigenvalue weighted by atomic mass is 10.0. The molecule has 0 bridgehead atoms. The number of likely N-dealkylation sites (N-methyl/N-ethyl adjacent to an activating group) is 1. The molecule has 1 atom stereocenters. The predicted octanol–water partition coefficient (Wildman–Crippen LogP) is 3.40. The molecule has 0 aromatic heterocycles. The van der Waals surface area contributed by atoms with Crippen molar-refractivity contribution < 1.29 is 27.5 Å². The highest BCUT2D eigenvalue weighted by molar-refractivity contribution is 5.98. The van der Waals surface area contributed by atoms with Crippen molar-refractivity contribution in [1.82, 2.24) is 10.2 Å². The van der Waals surface area contributed by atoms with Gasteiger partial charge in [0.15, 0.2) is 11.6 Å². The molecule has 0 aliphatic rings. The Balaban J connectivity index is 2.01. The van der Waals surface area contributed by atoms with E-state index in [9.17, 15) is 22.8 Å². The van der Waals surface area contributed by atoms with Crippen LogP contribution in [0.2, 0.25) is 0 Å². The van der Waals surface area contributed by atoms with Gasteiger partial charge < -0.3 is 15.0 Å². The van der Waals surface area contributed by atoms with Crippen LogP contribution in [0.5, 0.6) is 5.75 Å². The number of benzene rings is 2. The van der Waals surface area contributed by atoms with E-state index in [0.717, 1.165) is 18.2 Å². The first-order chi connectivity index (χ1) is 13.7. The number of nitrogens with one attached hydrogen (secondary N) is 1. The summed E-state index contributed by atoms with van der Waals surface area (Å²) in [6.45, 7) is 3.55. The van der Waals surface area contributed by atoms with Crippen molar-refractivity contribution in [1.29, 1.82) is 0 Å². The van der Waals surface area contributed by atoms with E-state index < -0.39 is 40.9 Å². The first-order valence-corrected chi connectivity index (χ1v) is 9.09. The molecule has 0 aliphatic heterocycles. The molecule has 1 N–H and O–H groups in total. The zero-order valence-corrected chi connectivity index (χ0v) is 16.4. The monoisotopic (exact) mass is 408 g/mol. The maximum Gasteiger partial charge on any atom is 0.257 e. The molecule has 29 heavy (non-hydrogen) atoms. The van der Waals surface area contributed by atoms with Crippen LogP contribution in [0.25, 0.3) is 0 Å². The van der Waals surface area contributed by atoms with E-state index in [4.69, 9.17) is 4.74 Å². The maximum atomic E-state index is 13.8. The van der Waals surface area contributed by atoms with Crippen molar-refractivity contribution in [2.24, 2.45) is 5.92 Å². The molecule has 2 rings (SSSR count). The van der Waals surface area contributed by atoms with Crippen molar-refractivity contribution in [2.75, 3.05) is 20.2 Å². The summed E-state index contributed by atoms with van der Waals surface area (Å²) in [5.41, 5.74) is -0.739. The minimum atomic E-state index is -1.01. The summed E-state index contributed by atoms with van der Waals surface area (Å²) in [6, 6.07) is 7.97. The quantitative estimate of drug-likeness (QED) is 0.729. The van der Waals surface area contributed by atoms with Gasteiger partial charge in [0, 0.05) is 7.05 Å². The van der Waals surface area contributed by atoms with E-state index in [0.29, 0.717) is 0 Å². The van der Waals surface area contributed by atoms with Crippen LogP contribution in [0, 0.1) is 23.4 Å². The van der Waals surface area contributed by atoms with Gasteiger partial charge in [-0.3, -0.25) is 9.59 Å². The van der Waals surface area contributed by atoms with Gasteiger partial charge in [0.1, 0.15) is 29.8 Å². The second-order valence-electron chi connectivity index (χ2n) is 6.83. The number of halogens is 3. The summed E-state index contributed by atoms with van der Waals surface area (Å²) in [5.74, 6) is -4.27. The van der Waals surface area contributed by atoms with Crippen molar-refractivity contribution in [3.05, 3.63) is 65.5 Å². The van der Waals surface area contributed by atoms with Crippen molar-refractivity contribution in [3.63, 3.8) is 0 Å². The zero-order valence-electron chi connectivity index (χ0n) is 16.4. The number of carbonyl (C=O) groups is 2. The van der Waals surface area contributed by atoms with E-state index in [1.54, 1.807) is 19.9 Å². The highest BCUT2D eigenvalue weighted by Crippen LogP contribution is 2.16. The van der Waals surface area contributed by atoms with Crippen LogP contribution in [0.15, 0.2) is 42.5 Å². The van der Waals surface area contributed by atoms with Gasteiger partial charge in [-0.1, -0.05) is 32.0 Å². The molecule has 156 valence electrons. The molecule has 0 heterocycles. The van der Waals surface area contributed by atoms with Gasteiger partial charge in [-0.05, 0) is 30.2 Å². The van der Waals surface area contributed by atoms with Gasteiger partial charge in [0.2, 0.25) is 5.91 Å². The lowest BCUT2D eigenvalue weighted by Gasteiger charge is -2.27. The highest BCUT2D eigenvalue weighted by atomic mass is 19.1. The Morgan fingerprint density at radius 1 is 1.00 bits per heavy atom. The Bertz CT molecular complexity index is 854. The lowest BCUT2D eigenvalue weighted by Crippen LogP contribution is -2.51. The first kappa shape index (κ1) is 22.3. The number of hydrogen-bond donors (Lipinski definition) is 1. The third kappa shape index (κ3) is 5.73. The molecule has 5 nitrogen and oxygen atoms in total. The van der Waals surface area contributed by atoms with Crippen molar-refractivity contribution in [2.45, 2.75) is 19.9 Å². The smallest absolute Gasteiger partial charge is 0.257 e. The largest absolute Gasteiger partial charge is 0.489 e. The topological polar surface area (TPSA) is 58.6 Å². The van der Waals surface area contributed by atoms with E-state index in [1.165, 1.54) is 30.1 Å². The molecule has 2 amide bonds. The minimum Gasteiger partial charge on any atom is -0.489 e. The van der Waals surface area contributed by atoms with E-state index in [1.807, 2.05) is 0 Å². The van der Waals surface area contributed by atoms with Gasteiger partial charge >= 0.3 is 0 Å². The first-order valence-electron chi connectivity index (χ1n) is 9.09. The van der Waals surface area contributed by atoms with Crippen LogP contribution in [-0.4, -0.2) is 43.0 Å². The number of rotatable bonds is 8. The molecule has 0 radical (unpaired) electrons. The summed E-state index contributed by atoms with van der Waals surface area (Å²) < 4.78 is 46.5. The number of ether oxygens (including phenoxy) is 1. The zero-order chi connectivity index (χ0) is 21.6. The Morgan fingerprint density at radius 2 is 1.59 bits per heavy atom. The molecular formula is C21H23F3N2O3. The van der Waals surface area contributed by atoms with E-state index >= 15 is 0 Å². The lowest BCUT2D eigenvalue weighted by molar-refractivity contribution is -0.133. The molecule has 0 aliphatic carbocycles. The Hall–Kier alpha value is -3.03. The van der Waals surface area contributed by atoms with Crippen molar-refractivity contribution >= 4 is 11.8 Å². The van der Waals surface area contributed by atoms with E-state index in [2.05, 4.69) is 5.32 Å². The van der Waals surface area contributed by atoms with Crippen LogP contribution in [0.3, 0.4) is 0 Å². The summed E-state index contributed by atoms with van der Waals surface area (Å²) in [6.07, 6.45) is 0. The number of nitrogens with zero attached hydrogens (tertiary/aromatic N) is 1. The molecule has 0 fully saturated rings. The van der Waals surface area contributed by atoms with Crippen LogP contribution >= 0.6 is 0 Å². The Kier molecular flexibility index (Phi) is 7.64. The third-order valence-corrected chi connectivity index (χ3v) is 4.31. The fraction of sp³-hybridized carbons (Fsp3) is 0.333. The minimum absolute atomic E-state index is 0.0316. The summed E-state index contributed by atoms with van der Waals surface area (Å²) in [7, 11) is 1.50. The molecule has 0 saturated heterocycles. The number of hydrogen-bond acceptors (Lipinski definition) is 3. The highest BCUT2D eigenvalue weighted by Gasteiger charge is 2.29. The van der Waals surface area contributed by atoms with Gasteiger partial charge in [-0.2, -0.15) is 0 Å². The second-order valence-corrected chi connectivity index (χ2v) is 6.83. The van der Waals surface area contributed by atoms with Gasteiger partial charge in [0.25, 0.3) is 5.91 Å². The van der Waals surface area contributed by atoms with Gasteiger partial charge in [-0.25, -0.2) is 13.2 Å². The predicted molar refractivity (Wildman–Crippen MR) is 102 cm³/mol. The second kappa shape index (κ2) is 9.95. The molecule has 0 spiro atoms. The Labute approximate surface area is 167 Å². The maximum absolute atomic E-state index is 13.8. The Morgan fingerprint density at radius 3 is 2.17 bits per heavy atom. The normalized spacial score (nSPS) is 11.8. The fourth-order valence-electron chi connectivity index (χ4n) is 2.64. The number of para-hydroxylation sites is 1. The standard InChI is InChI=1S/C21H23F3N2O3/c1-13(2)19(25-20(27)18-15(23)8-6-9-16(18)24)21(28)26(3)11-12-29-17-10-5-4-7-14(17)22/h4-10,13,19H,11-12H2,1-3H3,(H,25,27)/t19-/m0/s1. The summed E-state index contributed by atoms with van der Waals surface area (Å²) >= 11 is 0. The molecule has 8 heteroatoms. The fourth-order valence-corrected chi connectivity index (χ4v) is 2.64. The molecular weight excluding hydrogens is 385 g/mol. The van der Waals surface area contributed by atoms with Crippen LogP contribution in [0.4, 0.5) is 13.2 Å². The van der Waals surface area contributed by atoms with Crippen LogP contribution < -0.4 is 10.1 Å². The summed E-state index contributed by atoms with van der Waals surface area (Å²) in [5, 5.41) is 2.40. The molecule has 0 saturated carbocycles. The third-order valence-electron chi connectivity index (χ3n) is 4.31. The summed E-state index contributed by atoms with van der Waals surface area (Å²) in [4.78, 5) is 26.4. The number of carbonyl (C=O) groups excluding carboxylic acids is 2.